The molecule has 56 heavy (non-hydrogen) atoms. The molecule has 306 valence electrons. The number of ether oxygens (including phenoxy) is 6. The van der Waals surface area contributed by atoms with Crippen LogP contribution in [0.1, 0.15) is 152 Å². The highest BCUT2D eigenvalue weighted by Gasteiger charge is 2.19. The summed E-state index contributed by atoms with van der Waals surface area (Å²) in [5.41, 5.74) is 5.57. The zero-order valence-electron chi connectivity index (χ0n) is 35.5. The van der Waals surface area contributed by atoms with Gasteiger partial charge in [-0.1, -0.05) is 166 Å². The van der Waals surface area contributed by atoms with Gasteiger partial charge in [0.15, 0.2) is 34.5 Å². The van der Waals surface area contributed by atoms with Crippen LogP contribution in [0.2, 0.25) is 0 Å². The zero-order valence-corrected chi connectivity index (χ0v) is 35.5. The van der Waals surface area contributed by atoms with Gasteiger partial charge in [-0.05, 0) is 38.5 Å². The maximum Gasteiger partial charge on any atom is 0.168 e. The van der Waals surface area contributed by atoms with Crippen LogP contribution in [-0.4, -0.2) is 39.6 Å². The summed E-state index contributed by atoms with van der Waals surface area (Å²) < 4.78 is 38.8. The van der Waals surface area contributed by atoms with Gasteiger partial charge in [-0.2, -0.15) is 0 Å². The van der Waals surface area contributed by atoms with Crippen LogP contribution in [0.4, 0.5) is 0 Å². The van der Waals surface area contributed by atoms with Crippen molar-refractivity contribution in [1.29, 1.82) is 0 Å². The van der Waals surface area contributed by atoms with Crippen LogP contribution < -0.4 is 28.4 Å². The molecular formula is C50H70O6. The molecule has 0 saturated heterocycles. The molecule has 3 rings (SSSR count). The van der Waals surface area contributed by atoms with E-state index in [-0.39, 0.29) is 0 Å². The Morgan fingerprint density at radius 3 is 0.679 bits per heavy atom. The SMILES string of the molecule is C=Cc1ccc(/C=C\c2ccc(/C=C/c3ccc(C=C)c(OCCCC)c3OCCCC)c(OCCCC)c2OCCCC)c(OCCCC)c1OCCCC. The van der Waals surface area contributed by atoms with E-state index in [9.17, 15) is 0 Å². The Balaban J connectivity index is 2.19. The van der Waals surface area contributed by atoms with Crippen LogP contribution in [0.3, 0.4) is 0 Å². The fourth-order valence-electron chi connectivity index (χ4n) is 5.79. The summed E-state index contributed by atoms with van der Waals surface area (Å²) in [6.45, 7) is 24.7. The lowest BCUT2D eigenvalue weighted by Gasteiger charge is -2.19. The van der Waals surface area contributed by atoms with Crippen LogP contribution in [-0.2, 0) is 0 Å². The fraction of sp³-hybridized carbons (Fsp3) is 0.480. The van der Waals surface area contributed by atoms with Crippen molar-refractivity contribution in [1.82, 2.24) is 0 Å². The van der Waals surface area contributed by atoms with E-state index in [1.165, 1.54) is 0 Å². The topological polar surface area (TPSA) is 55.4 Å². The van der Waals surface area contributed by atoms with E-state index in [1.54, 1.807) is 0 Å². The number of rotatable bonds is 30. The number of hydrogen-bond acceptors (Lipinski definition) is 6. The third-order valence-electron chi connectivity index (χ3n) is 9.31. The quantitative estimate of drug-likeness (QED) is 0.0497. The average molecular weight is 767 g/mol. The molecule has 0 amide bonds. The third-order valence-corrected chi connectivity index (χ3v) is 9.31. The lowest BCUT2D eigenvalue weighted by molar-refractivity contribution is 0.261. The molecule has 0 aliphatic rings. The molecule has 0 fully saturated rings. The fourth-order valence-corrected chi connectivity index (χ4v) is 5.79. The second-order valence-corrected chi connectivity index (χ2v) is 14.0. The molecule has 6 heteroatoms. The van der Waals surface area contributed by atoms with Crippen molar-refractivity contribution in [3.05, 3.63) is 82.9 Å². The molecule has 0 spiro atoms. The zero-order chi connectivity index (χ0) is 40.4. The second-order valence-electron chi connectivity index (χ2n) is 14.0. The third kappa shape index (κ3) is 14.2. The van der Waals surface area contributed by atoms with Crippen molar-refractivity contribution in [3.8, 4) is 34.5 Å². The minimum Gasteiger partial charge on any atom is -0.489 e. The molecule has 0 atom stereocenters. The summed E-state index contributed by atoms with van der Waals surface area (Å²) in [5, 5.41) is 0. The van der Waals surface area contributed by atoms with Crippen molar-refractivity contribution < 1.29 is 28.4 Å². The summed E-state index contributed by atoms with van der Waals surface area (Å²) in [6, 6.07) is 12.5. The van der Waals surface area contributed by atoms with Crippen molar-refractivity contribution in [2.75, 3.05) is 39.6 Å². The molecule has 0 unspecified atom stereocenters. The molecule has 0 bridgehead atoms. The molecule has 0 heterocycles. The van der Waals surface area contributed by atoms with Gasteiger partial charge in [-0.3, -0.25) is 0 Å². The van der Waals surface area contributed by atoms with Gasteiger partial charge in [0.05, 0.1) is 39.6 Å². The molecule has 3 aromatic rings. The largest absolute Gasteiger partial charge is 0.489 e. The standard InChI is InChI=1S/C50H70O6/c1-9-17-33-51-45-39(15-7)23-25-41(47(45)53-35-19-11-3)27-29-43-31-32-44(50(56-38-22-14-6)49(43)55-37-21-13-5)30-28-42-26-24-40(16-8)46(52-34-18-10-2)48(42)54-36-20-12-4/h15-16,23-32H,7-14,17-22,33-38H2,1-6H3/b29-27-,30-28+. The van der Waals surface area contributed by atoms with E-state index < -0.39 is 0 Å². The summed E-state index contributed by atoms with van der Waals surface area (Å²) in [7, 11) is 0. The minimum atomic E-state index is 0.584. The Bertz CT molecular complexity index is 1550. The van der Waals surface area contributed by atoms with Gasteiger partial charge < -0.3 is 28.4 Å². The van der Waals surface area contributed by atoms with Gasteiger partial charge in [0.25, 0.3) is 0 Å². The molecule has 0 aliphatic heterocycles. The Morgan fingerprint density at radius 2 is 0.500 bits per heavy atom. The Morgan fingerprint density at radius 1 is 0.321 bits per heavy atom. The van der Waals surface area contributed by atoms with Crippen molar-refractivity contribution in [3.63, 3.8) is 0 Å². The van der Waals surface area contributed by atoms with Crippen LogP contribution in [0.15, 0.2) is 49.6 Å². The maximum atomic E-state index is 6.61. The smallest absolute Gasteiger partial charge is 0.168 e. The number of unbranched alkanes of at least 4 members (excludes halogenated alkanes) is 6. The van der Waals surface area contributed by atoms with Crippen LogP contribution in [0, 0.1) is 0 Å². The molecule has 0 saturated carbocycles. The molecule has 0 N–H and O–H groups in total. The Kier molecular flexibility index (Phi) is 22.2. The number of hydrogen-bond donors (Lipinski definition) is 0. The average Bonchev–Trinajstić information content (AvgIpc) is 3.21. The van der Waals surface area contributed by atoms with Crippen LogP contribution >= 0.6 is 0 Å². The summed E-state index contributed by atoms with van der Waals surface area (Å²) in [5.74, 6) is 4.44. The first kappa shape index (κ1) is 45.8. The van der Waals surface area contributed by atoms with E-state index in [4.69, 9.17) is 28.4 Å². The first-order valence-corrected chi connectivity index (χ1v) is 21.4. The van der Waals surface area contributed by atoms with E-state index in [0.717, 1.165) is 145 Å². The Hall–Kier alpha value is -4.58. The monoisotopic (exact) mass is 767 g/mol. The van der Waals surface area contributed by atoms with Gasteiger partial charge >= 0.3 is 0 Å². The summed E-state index contributed by atoms with van der Waals surface area (Å²) in [4.78, 5) is 0. The lowest BCUT2D eigenvalue weighted by atomic mass is 10.0. The van der Waals surface area contributed by atoms with Gasteiger partial charge in [-0.25, -0.2) is 0 Å². The molecule has 0 aromatic heterocycles. The van der Waals surface area contributed by atoms with Crippen LogP contribution in [0.25, 0.3) is 36.5 Å². The first-order valence-electron chi connectivity index (χ1n) is 21.4. The summed E-state index contributed by atoms with van der Waals surface area (Å²) >= 11 is 0. The minimum absolute atomic E-state index is 0.584. The molecular weight excluding hydrogens is 697 g/mol. The van der Waals surface area contributed by atoms with Crippen molar-refractivity contribution in [2.24, 2.45) is 0 Å². The molecule has 0 radical (unpaired) electrons. The van der Waals surface area contributed by atoms with Crippen molar-refractivity contribution in [2.45, 2.75) is 119 Å². The summed E-state index contributed by atoms with van der Waals surface area (Å²) in [6.07, 6.45) is 24.0. The highest BCUT2D eigenvalue weighted by atomic mass is 16.5. The molecule has 3 aromatic carbocycles. The number of benzene rings is 3. The van der Waals surface area contributed by atoms with Gasteiger partial charge in [0, 0.05) is 33.4 Å². The highest BCUT2D eigenvalue weighted by molar-refractivity contribution is 5.83. The van der Waals surface area contributed by atoms with Crippen molar-refractivity contribution >= 4 is 36.5 Å². The predicted molar refractivity (Wildman–Crippen MR) is 240 cm³/mol. The maximum absolute atomic E-state index is 6.61. The van der Waals surface area contributed by atoms with E-state index in [1.807, 2.05) is 12.2 Å². The Labute approximate surface area is 339 Å². The van der Waals surface area contributed by atoms with E-state index >= 15 is 0 Å². The van der Waals surface area contributed by atoms with Crippen LogP contribution in [0.5, 0.6) is 34.5 Å². The van der Waals surface area contributed by atoms with Gasteiger partial charge in [0.2, 0.25) is 0 Å². The normalized spacial score (nSPS) is 11.2. The predicted octanol–water partition coefficient (Wildman–Crippen LogP) is 14.4. The molecule has 6 nitrogen and oxygen atoms in total. The first-order chi connectivity index (χ1) is 27.5. The van der Waals surface area contributed by atoms with Gasteiger partial charge in [-0.15, -0.1) is 0 Å². The van der Waals surface area contributed by atoms with E-state index in [0.29, 0.717) is 39.6 Å². The van der Waals surface area contributed by atoms with Gasteiger partial charge in [0.1, 0.15) is 0 Å². The molecule has 0 aliphatic carbocycles. The van der Waals surface area contributed by atoms with E-state index in [2.05, 4.69) is 115 Å². The highest BCUT2D eigenvalue weighted by Crippen LogP contribution is 2.42. The lowest BCUT2D eigenvalue weighted by Crippen LogP contribution is -2.06. The second kappa shape index (κ2) is 27.1.